The standard InChI is InChI=1S/C14H14Cl4F3N3OS/c1-2-3-10(25)23-11(13(16,17)18)24-12(26)22-9-6-7(14(19,20)21)4-5-8(9)15/h4-6,11H,2-3H2,1H3,(H,23,25)(H2,22,24,26)/t11-/m1/s1. The van der Waals surface area contributed by atoms with Crippen LogP contribution in [0.2, 0.25) is 5.02 Å². The molecular weight excluding hydrogens is 457 g/mol. The van der Waals surface area contributed by atoms with Crippen molar-refractivity contribution in [3.05, 3.63) is 28.8 Å². The zero-order valence-electron chi connectivity index (χ0n) is 13.2. The van der Waals surface area contributed by atoms with Gasteiger partial charge in [0.25, 0.3) is 0 Å². The van der Waals surface area contributed by atoms with Gasteiger partial charge in [0.1, 0.15) is 6.17 Å². The summed E-state index contributed by atoms with van der Waals surface area (Å²) in [7, 11) is 0. The average Bonchev–Trinajstić information content (AvgIpc) is 2.47. The van der Waals surface area contributed by atoms with Gasteiger partial charge in [-0.05, 0) is 36.8 Å². The van der Waals surface area contributed by atoms with Gasteiger partial charge >= 0.3 is 6.18 Å². The molecule has 0 aliphatic rings. The molecule has 1 aromatic rings. The van der Waals surface area contributed by atoms with Gasteiger partial charge < -0.3 is 16.0 Å². The van der Waals surface area contributed by atoms with Crippen LogP contribution in [0.15, 0.2) is 18.2 Å². The summed E-state index contributed by atoms with van der Waals surface area (Å²) in [4.78, 5) is 11.7. The van der Waals surface area contributed by atoms with Gasteiger partial charge in [-0.25, -0.2) is 0 Å². The summed E-state index contributed by atoms with van der Waals surface area (Å²) in [6, 6.07) is 2.69. The number of hydrogen-bond donors (Lipinski definition) is 3. The van der Waals surface area contributed by atoms with E-state index in [1.54, 1.807) is 6.92 Å². The van der Waals surface area contributed by atoms with Crippen LogP contribution in [-0.4, -0.2) is 21.0 Å². The Kier molecular flexibility index (Phi) is 8.54. The number of nitrogens with one attached hydrogen (secondary N) is 3. The van der Waals surface area contributed by atoms with Crippen molar-refractivity contribution < 1.29 is 18.0 Å². The molecule has 3 N–H and O–H groups in total. The first kappa shape index (κ1) is 23.4. The molecule has 1 rings (SSSR count). The van der Waals surface area contributed by atoms with Crippen molar-refractivity contribution in [1.82, 2.24) is 10.6 Å². The Bertz CT molecular complexity index is 668. The lowest BCUT2D eigenvalue weighted by molar-refractivity contribution is -0.137. The van der Waals surface area contributed by atoms with Crippen molar-refractivity contribution >= 4 is 75.3 Å². The Morgan fingerprint density at radius 1 is 1.23 bits per heavy atom. The first-order valence-electron chi connectivity index (χ1n) is 7.15. The van der Waals surface area contributed by atoms with Gasteiger partial charge in [0, 0.05) is 6.42 Å². The smallest absolute Gasteiger partial charge is 0.339 e. The lowest BCUT2D eigenvalue weighted by atomic mass is 10.2. The molecule has 26 heavy (non-hydrogen) atoms. The predicted molar refractivity (Wildman–Crippen MR) is 103 cm³/mol. The maximum Gasteiger partial charge on any atom is 0.416 e. The fraction of sp³-hybridized carbons (Fsp3) is 0.429. The molecule has 0 saturated carbocycles. The van der Waals surface area contributed by atoms with Crippen LogP contribution >= 0.6 is 58.6 Å². The van der Waals surface area contributed by atoms with E-state index in [4.69, 9.17) is 58.6 Å². The topological polar surface area (TPSA) is 53.2 Å². The van der Waals surface area contributed by atoms with E-state index in [0.717, 1.165) is 18.2 Å². The summed E-state index contributed by atoms with van der Waals surface area (Å²) in [6.07, 6.45) is -5.00. The van der Waals surface area contributed by atoms with E-state index >= 15 is 0 Å². The number of carbonyl (C=O) groups excluding carboxylic acids is 1. The molecule has 0 fully saturated rings. The highest BCUT2D eigenvalue weighted by Crippen LogP contribution is 2.34. The number of carbonyl (C=O) groups is 1. The van der Waals surface area contributed by atoms with E-state index in [9.17, 15) is 18.0 Å². The average molecular weight is 471 g/mol. The first-order valence-corrected chi connectivity index (χ1v) is 9.07. The Hall–Kier alpha value is -0.670. The second kappa shape index (κ2) is 9.50. The van der Waals surface area contributed by atoms with E-state index in [2.05, 4.69) is 16.0 Å². The third kappa shape index (κ3) is 7.52. The fourth-order valence-electron chi connectivity index (χ4n) is 1.75. The van der Waals surface area contributed by atoms with Gasteiger partial charge in [0.05, 0.1) is 16.3 Å². The molecule has 1 amide bonds. The Balaban J connectivity index is 2.90. The van der Waals surface area contributed by atoms with Crippen LogP contribution in [-0.2, 0) is 11.0 Å². The van der Waals surface area contributed by atoms with Gasteiger partial charge in [-0.3, -0.25) is 4.79 Å². The van der Waals surface area contributed by atoms with Gasteiger partial charge in [0.15, 0.2) is 5.11 Å². The number of anilines is 1. The molecular formula is C14H14Cl4F3N3OS. The van der Waals surface area contributed by atoms with Crippen molar-refractivity contribution in [3.8, 4) is 0 Å². The number of thiocarbonyl (C=S) groups is 1. The third-order valence-corrected chi connectivity index (χ3v) is 4.13. The second-order valence-electron chi connectivity index (χ2n) is 5.08. The van der Waals surface area contributed by atoms with Crippen LogP contribution in [0.5, 0.6) is 0 Å². The van der Waals surface area contributed by atoms with E-state index in [1.807, 2.05) is 0 Å². The fourth-order valence-corrected chi connectivity index (χ4v) is 2.47. The monoisotopic (exact) mass is 469 g/mol. The summed E-state index contributed by atoms with van der Waals surface area (Å²) in [5.74, 6) is -0.392. The minimum absolute atomic E-state index is 0.00241. The van der Waals surface area contributed by atoms with Gasteiger partial charge in [-0.1, -0.05) is 53.3 Å². The number of hydrogen-bond acceptors (Lipinski definition) is 2. The largest absolute Gasteiger partial charge is 0.416 e. The molecule has 1 atom stereocenters. The molecule has 1 aromatic carbocycles. The highest BCUT2D eigenvalue weighted by Gasteiger charge is 2.35. The van der Waals surface area contributed by atoms with Crippen LogP contribution in [0, 0.1) is 0 Å². The summed E-state index contributed by atoms with van der Waals surface area (Å²) in [5.41, 5.74) is -1.01. The molecule has 0 radical (unpaired) electrons. The van der Waals surface area contributed by atoms with Crippen molar-refractivity contribution in [1.29, 1.82) is 0 Å². The van der Waals surface area contributed by atoms with Crippen LogP contribution < -0.4 is 16.0 Å². The lowest BCUT2D eigenvalue weighted by Crippen LogP contribution is -2.56. The Morgan fingerprint density at radius 3 is 2.35 bits per heavy atom. The summed E-state index contributed by atoms with van der Waals surface area (Å²) >= 11 is 28.3. The minimum Gasteiger partial charge on any atom is -0.339 e. The van der Waals surface area contributed by atoms with Crippen molar-refractivity contribution in [2.75, 3.05) is 5.32 Å². The molecule has 12 heteroatoms. The highest BCUT2D eigenvalue weighted by molar-refractivity contribution is 7.80. The zero-order valence-corrected chi connectivity index (χ0v) is 17.0. The molecule has 0 aliphatic carbocycles. The van der Waals surface area contributed by atoms with Gasteiger partial charge in [-0.15, -0.1) is 0 Å². The molecule has 0 aromatic heterocycles. The quantitative estimate of drug-likeness (QED) is 0.312. The maximum absolute atomic E-state index is 12.8. The Morgan fingerprint density at radius 2 is 1.85 bits per heavy atom. The predicted octanol–water partition coefficient (Wildman–Crippen LogP) is 5.26. The molecule has 4 nitrogen and oxygen atoms in total. The number of alkyl halides is 6. The SMILES string of the molecule is CCCC(=O)N[C@H](NC(=S)Nc1cc(C(F)(F)F)ccc1Cl)C(Cl)(Cl)Cl. The van der Waals surface area contributed by atoms with Crippen LogP contribution in [0.4, 0.5) is 18.9 Å². The van der Waals surface area contributed by atoms with E-state index in [-0.39, 0.29) is 22.2 Å². The zero-order chi connectivity index (χ0) is 20.1. The van der Waals surface area contributed by atoms with Crippen molar-refractivity contribution in [2.45, 2.75) is 35.9 Å². The minimum atomic E-state index is -4.55. The molecule has 0 aliphatic heterocycles. The highest BCUT2D eigenvalue weighted by atomic mass is 35.6. The normalized spacial score (nSPS) is 13.1. The molecule has 0 heterocycles. The van der Waals surface area contributed by atoms with Crippen molar-refractivity contribution in [3.63, 3.8) is 0 Å². The van der Waals surface area contributed by atoms with Gasteiger partial charge in [-0.2, -0.15) is 13.2 Å². The molecule has 0 spiro atoms. The van der Waals surface area contributed by atoms with E-state index < -0.39 is 27.6 Å². The third-order valence-electron chi connectivity index (χ3n) is 2.93. The molecule has 0 unspecified atom stereocenters. The Labute approximate surface area is 173 Å². The molecule has 0 saturated heterocycles. The number of benzene rings is 1. The number of amides is 1. The van der Waals surface area contributed by atoms with Crippen LogP contribution in [0.1, 0.15) is 25.3 Å². The summed E-state index contributed by atoms with van der Waals surface area (Å²) < 4.78 is 36.4. The van der Waals surface area contributed by atoms with E-state index in [1.165, 1.54) is 0 Å². The van der Waals surface area contributed by atoms with Gasteiger partial charge in [0.2, 0.25) is 9.70 Å². The number of halogens is 7. The number of rotatable bonds is 5. The van der Waals surface area contributed by atoms with Crippen LogP contribution in [0.3, 0.4) is 0 Å². The van der Waals surface area contributed by atoms with Crippen LogP contribution in [0.25, 0.3) is 0 Å². The maximum atomic E-state index is 12.8. The second-order valence-corrected chi connectivity index (χ2v) is 8.27. The summed E-state index contributed by atoms with van der Waals surface area (Å²) in [5, 5.41) is 7.27. The summed E-state index contributed by atoms with van der Waals surface area (Å²) in [6.45, 7) is 1.79. The first-order chi connectivity index (χ1) is 11.8. The molecule has 146 valence electrons. The van der Waals surface area contributed by atoms with E-state index in [0.29, 0.717) is 6.42 Å². The molecule has 0 bridgehead atoms. The van der Waals surface area contributed by atoms with Crippen molar-refractivity contribution in [2.24, 2.45) is 0 Å². The lowest BCUT2D eigenvalue weighted by Gasteiger charge is -2.28.